The molecule has 0 spiro atoms. The zero-order valence-electron chi connectivity index (χ0n) is 25.1. The van der Waals surface area contributed by atoms with Gasteiger partial charge in [-0.1, -0.05) is 12.1 Å². The molecule has 0 aliphatic carbocycles. The number of carbonyl (C=O) groups is 5. The van der Waals surface area contributed by atoms with E-state index in [0.29, 0.717) is 5.56 Å². The number of hydrogen-bond acceptors (Lipinski definition) is 10. The SMILES string of the molecule is NC(N)=NCCC[C@@H]1NC(=O)[C@H](CO)NC(=O)[C@H](CO)NC(=O)[C@H](Cc2ccc(O)cc2)NC(=O)[C@H](CCCN=C(N)N)NC1=O. The van der Waals surface area contributed by atoms with Crippen molar-refractivity contribution >= 4 is 41.5 Å². The van der Waals surface area contributed by atoms with Gasteiger partial charge >= 0.3 is 0 Å². The van der Waals surface area contributed by atoms with Crippen molar-refractivity contribution in [3.8, 4) is 5.75 Å². The molecule has 5 amide bonds. The molecule has 0 saturated carbocycles. The van der Waals surface area contributed by atoms with Crippen molar-refractivity contribution in [2.24, 2.45) is 32.9 Å². The van der Waals surface area contributed by atoms with E-state index < -0.39 is 73.0 Å². The van der Waals surface area contributed by atoms with Gasteiger partial charge in [0.1, 0.15) is 36.0 Å². The van der Waals surface area contributed by atoms with Crippen LogP contribution < -0.4 is 49.5 Å². The standard InChI is InChI=1S/C27H43N11O8/c28-26(29)32-9-1-3-16-21(42)34-17(4-2-10-33-27(30)31)22(43)36-18(11-14-5-7-15(41)8-6-14)23(44)37-20(13-40)25(46)38-19(12-39)24(45)35-16/h5-8,16-20,39-41H,1-4,9-13H2,(H,34,42)(H,35,45)(H,36,43)(H,37,44)(H,38,46)(H4,28,29,32)(H4,30,31,33)/t16-,17-,18-,19-,20-/m0/s1. The van der Waals surface area contributed by atoms with Gasteiger partial charge in [-0.25, -0.2) is 0 Å². The minimum Gasteiger partial charge on any atom is -0.508 e. The molecule has 46 heavy (non-hydrogen) atoms. The Morgan fingerprint density at radius 2 is 0.935 bits per heavy atom. The van der Waals surface area contributed by atoms with Crippen LogP contribution in [0.3, 0.4) is 0 Å². The number of guanidine groups is 2. The van der Waals surface area contributed by atoms with Gasteiger partial charge in [0.15, 0.2) is 11.9 Å². The van der Waals surface area contributed by atoms with E-state index in [2.05, 4.69) is 36.6 Å². The number of nitrogens with zero attached hydrogens (tertiary/aromatic N) is 2. The number of phenols is 1. The Labute approximate surface area is 264 Å². The van der Waals surface area contributed by atoms with E-state index in [9.17, 15) is 39.3 Å². The van der Waals surface area contributed by atoms with Gasteiger partial charge < -0.3 is 64.8 Å². The van der Waals surface area contributed by atoms with Crippen molar-refractivity contribution in [3.63, 3.8) is 0 Å². The number of aliphatic imine (C=N–C) groups is 2. The molecule has 0 radical (unpaired) electrons. The highest BCUT2D eigenvalue weighted by Crippen LogP contribution is 2.13. The lowest BCUT2D eigenvalue weighted by Crippen LogP contribution is -2.59. The van der Waals surface area contributed by atoms with Crippen LogP contribution in [-0.4, -0.2) is 113 Å². The van der Waals surface area contributed by atoms with Crippen molar-refractivity contribution in [3.05, 3.63) is 29.8 Å². The second-order valence-electron chi connectivity index (χ2n) is 10.4. The summed E-state index contributed by atoms with van der Waals surface area (Å²) < 4.78 is 0. The number of phenolic OH excluding ortho intramolecular Hbond substituents is 1. The summed E-state index contributed by atoms with van der Waals surface area (Å²) in [6.45, 7) is -1.56. The zero-order chi connectivity index (χ0) is 34.2. The average Bonchev–Trinajstić information content (AvgIpc) is 3.01. The van der Waals surface area contributed by atoms with Crippen molar-refractivity contribution < 1.29 is 39.3 Å². The molecule has 1 aliphatic heterocycles. The van der Waals surface area contributed by atoms with E-state index in [0.717, 1.165) is 0 Å². The molecule has 19 heteroatoms. The number of aliphatic hydroxyl groups is 2. The number of aliphatic hydroxyl groups excluding tert-OH is 2. The lowest BCUT2D eigenvalue weighted by Gasteiger charge is -2.26. The molecule has 254 valence electrons. The third-order valence-electron chi connectivity index (χ3n) is 6.80. The second-order valence-corrected chi connectivity index (χ2v) is 10.4. The maximum absolute atomic E-state index is 13.6. The van der Waals surface area contributed by atoms with Crippen molar-refractivity contribution in [2.75, 3.05) is 26.3 Å². The number of nitrogens with two attached hydrogens (primary N) is 4. The summed E-state index contributed by atoms with van der Waals surface area (Å²) in [5, 5.41) is 41.6. The predicted molar refractivity (Wildman–Crippen MR) is 165 cm³/mol. The van der Waals surface area contributed by atoms with Crippen LogP contribution in [0.25, 0.3) is 0 Å². The van der Waals surface area contributed by atoms with E-state index in [1.54, 1.807) is 0 Å². The summed E-state index contributed by atoms with van der Waals surface area (Å²) in [7, 11) is 0. The molecule has 5 atom stereocenters. The van der Waals surface area contributed by atoms with E-state index in [1.165, 1.54) is 24.3 Å². The molecule has 19 nitrogen and oxygen atoms in total. The minimum atomic E-state index is -1.58. The van der Waals surface area contributed by atoms with Gasteiger partial charge in [-0.15, -0.1) is 0 Å². The van der Waals surface area contributed by atoms with Gasteiger partial charge in [-0.2, -0.15) is 0 Å². The molecule has 1 saturated heterocycles. The van der Waals surface area contributed by atoms with Crippen LogP contribution in [0.5, 0.6) is 5.75 Å². The Bertz CT molecular complexity index is 1270. The largest absolute Gasteiger partial charge is 0.508 e. The Morgan fingerprint density at radius 3 is 1.33 bits per heavy atom. The topological polar surface area (TPSA) is 335 Å². The summed E-state index contributed by atoms with van der Waals surface area (Å²) in [4.78, 5) is 74.3. The zero-order valence-corrected chi connectivity index (χ0v) is 25.1. The van der Waals surface area contributed by atoms with Crippen LogP contribution in [0.2, 0.25) is 0 Å². The number of benzene rings is 1. The van der Waals surface area contributed by atoms with Gasteiger partial charge in [0.2, 0.25) is 29.5 Å². The Morgan fingerprint density at radius 1 is 0.587 bits per heavy atom. The van der Waals surface area contributed by atoms with E-state index >= 15 is 0 Å². The number of rotatable bonds is 12. The number of nitrogens with one attached hydrogen (secondary N) is 5. The van der Waals surface area contributed by atoms with E-state index in [4.69, 9.17) is 22.9 Å². The number of carbonyl (C=O) groups excluding carboxylic acids is 5. The molecule has 1 aliphatic rings. The third-order valence-corrected chi connectivity index (χ3v) is 6.80. The van der Waals surface area contributed by atoms with Crippen molar-refractivity contribution in [2.45, 2.75) is 62.3 Å². The molecule has 1 aromatic rings. The van der Waals surface area contributed by atoms with Crippen LogP contribution in [0.4, 0.5) is 0 Å². The first kappa shape index (κ1) is 37.0. The van der Waals surface area contributed by atoms with Gasteiger partial charge in [-0.3, -0.25) is 34.0 Å². The average molecular weight is 650 g/mol. The van der Waals surface area contributed by atoms with Gasteiger partial charge in [0, 0.05) is 19.5 Å². The summed E-state index contributed by atoms with van der Waals surface area (Å²) in [6, 6.07) is -1.20. The first-order valence-electron chi connectivity index (χ1n) is 14.5. The summed E-state index contributed by atoms with van der Waals surface area (Å²) in [5.74, 6) is -4.80. The van der Waals surface area contributed by atoms with Crippen molar-refractivity contribution in [1.29, 1.82) is 0 Å². The quantitative estimate of drug-likeness (QED) is 0.0573. The number of amides is 5. The lowest BCUT2D eigenvalue weighted by molar-refractivity contribution is -0.135. The fraction of sp³-hybridized carbons (Fsp3) is 0.519. The smallest absolute Gasteiger partial charge is 0.245 e. The van der Waals surface area contributed by atoms with Crippen LogP contribution in [0, 0.1) is 0 Å². The first-order valence-corrected chi connectivity index (χ1v) is 14.5. The highest BCUT2D eigenvalue weighted by Gasteiger charge is 2.34. The number of aromatic hydroxyl groups is 1. The van der Waals surface area contributed by atoms with Crippen LogP contribution >= 0.6 is 0 Å². The summed E-state index contributed by atoms with van der Waals surface area (Å²) in [6.07, 6.45) is 0.331. The van der Waals surface area contributed by atoms with Gasteiger partial charge in [0.05, 0.1) is 13.2 Å². The molecule has 2 rings (SSSR count). The normalized spacial score (nSPS) is 22.9. The second kappa shape index (κ2) is 18.6. The van der Waals surface area contributed by atoms with E-state index in [1.807, 2.05) is 0 Å². The maximum atomic E-state index is 13.6. The molecular formula is C27H43N11O8. The van der Waals surface area contributed by atoms with Crippen LogP contribution in [0.15, 0.2) is 34.3 Å². The summed E-state index contributed by atoms with van der Waals surface area (Å²) >= 11 is 0. The van der Waals surface area contributed by atoms with Crippen LogP contribution in [0.1, 0.15) is 31.2 Å². The molecule has 1 aromatic carbocycles. The van der Waals surface area contributed by atoms with Gasteiger partial charge in [-0.05, 0) is 43.4 Å². The fourth-order valence-electron chi connectivity index (χ4n) is 4.37. The molecule has 1 fully saturated rings. The molecule has 1 heterocycles. The Hall–Kier alpha value is -5.17. The molecule has 16 N–H and O–H groups in total. The monoisotopic (exact) mass is 649 g/mol. The minimum absolute atomic E-state index is 0.00836. The maximum Gasteiger partial charge on any atom is 0.245 e. The lowest BCUT2D eigenvalue weighted by atomic mass is 10.0. The van der Waals surface area contributed by atoms with Gasteiger partial charge in [0.25, 0.3) is 0 Å². The predicted octanol–water partition coefficient (Wildman–Crippen LogP) is -5.54. The highest BCUT2D eigenvalue weighted by molar-refractivity contribution is 5.98. The first-order chi connectivity index (χ1) is 21.8. The van der Waals surface area contributed by atoms with Crippen molar-refractivity contribution in [1.82, 2.24) is 26.6 Å². The van der Waals surface area contributed by atoms with Crippen LogP contribution in [-0.2, 0) is 30.4 Å². The molecule has 0 aromatic heterocycles. The Kier molecular flexibility index (Phi) is 15.0. The highest BCUT2D eigenvalue weighted by atomic mass is 16.3. The van der Waals surface area contributed by atoms with E-state index in [-0.39, 0.29) is 62.9 Å². The summed E-state index contributed by atoms with van der Waals surface area (Å²) in [5.41, 5.74) is 22.0. The fourth-order valence-corrected chi connectivity index (χ4v) is 4.37. The molecule has 0 unspecified atom stereocenters. The number of hydrogen-bond donors (Lipinski definition) is 12. The molecular weight excluding hydrogens is 606 g/mol. The Balaban J connectivity index is 2.50. The third kappa shape index (κ3) is 12.4. The molecule has 0 bridgehead atoms.